The Morgan fingerprint density at radius 1 is 1.13 bits per heavy atom. The van der Waals surface area contributed by atoms with E-state index in [1.165, 1.54) is 6.07 Å². The number of likely N-dealkylation sites (tertiary alicyclic amines) is 1. The molecular formula is C26H35FN2O2. The van der Waals surface area contributed by atoms with Crippen LogP contribution in [0.3, 0.4) is 0 Å². The van der Waals surface area contributed by atoms with Gasteiger partial charge in [0, 0.05) is 49.6 Å². The van der Waals surface area contributed by atoms with Crippen LogP contribution in [0, 0.1) is 17.7 Å². The lowest BCUT2D eigenvalue weighted by Gasteiger charge is -2.33. The first-order valence-corrected chi connectivity index (χ1v) is 11.2. The number of halogens is 1. The van der Waals surface area contributed by atoms with Crippen LogP contribution < -0.4 is 4.74 Å². The van der Waals surface area contributed by atoms with Crippen molar-refractivity contribution in [1.29, 1.82) is 0 Å². The molecule has 1 aliphatic heterocycles. The highest BCUT2D eigenvalue weighted by Crippen LogP contribution is 2.35. The fraction of sp³-hybridized carbons (Fsp3) is 0.500. The molecule has 3 rings (SSSR count). The monoisotopic (exact) mass is 426 g/mol. The Morgan fingerprint density at radius 3 is 2.52 bits per heavy atom. The number of nitrogens with zero attached hydrogens (tertiary/aromatic N) is 2. The molecule has 1 saturated heterocycles. The second-order valence-corrected chi connectivity index (χ2v) is 9.17. The molecule has 0 radical (unpaired) electrons. The zero-order valence-corrected chi connectivity index (χ0v) is 19.3. The van der Waals surface area contributed by atoms with Gasteiger partial charge in [-0.1, -0.05) is 44.2 Å². The third-order valence-corrected chi connectivity index (χ3v) is 6.21. The van der Waals surface area contributed by atoms with E-state index in [4.69, 9.17) is 4.74 Å². The number of hydrogen-bond donors (Lipinski definition) is 0. The predicted molar refractivity (Wildman–Crippen MR) is 123 cm³/mol. The third kappa shape index (κ3) is 5.65. The largest absolute Gasteiger partial charge is 0.496 e. The molecule has 0 aliphatic carbocycles. The van der Waals surface area contributed by atoms with Crippen molar-refractivity contribution in [3.63, 3.8) is 0 Å². The Balaban J connectivity index is 1.86. The Hall–Kier alpha value is -2.40. The minimum absolute atomic E-state index is 0.0406. The van der Waals surface area contributed by atoms with Gasteiger partial charge in [0.1, 0.15) is 11.6 Å². The van der Waals surface area contributed by atoms with Crippen LogP contribution in [0.1, 0.15) is 44.7 Å². The van der Waals surface area contributed by atoms with Gasteiger partial charge in [-0.05, 0) is 43.5 Å². The maximum atomic E-state index is 14.0. The van der Waals surface area contributed by atoms with Gasteiger partial charge < -0.3 is 9.64 Å². The van der Waals surface area contributed by atoms with E-state index in [2.05, 4.69) is 24.8 Å². The lowest BCUT2D eigenvalue weighted by molar-refractivity contribution is -0.136. The van der Waals surface area contributed by atoms with Crippen molar-refractivity contribution in [1.82, 2.24) is 9.80 Å². The van der Waals surface area contributed by atoms with Crippen molar-refractivity contribution in [2.45, 2.75) is 46.2 Å². The second kappa shape index (κ2) is 10.3. The maximum absolute atomic E-state index is 14.0. The first kappa shape index (κ1) is 23.3. The minimum atomic E-state index is -0.210. The van der Waals surface area contributed by atoms with Crippen LogP contribution in [0.15, 0.2) is 48.5 Å². The molecule has 2 aromatic rings. The quantitative estimate of drug-likeness (QED) is 0.599. The molecular weight excluding hydrogens is 391 g/mol. The van der Waals surface area contributed by atoms with E-state index in [9.17, 15) is 9.18 Å². The number of hydrogen-bond acceptors (Lipinski definition) is 3. The molecule has 2 atom stereocenters. The molecule has 0 aromatic heterocycles. The number of carbonyl (C=O) groups excluding carboxylic acids is 1. The summed E-state index contributed by atoms with van der Waals surface area (Å²) in [5, 5.41) is 0. The summed E-state index contributed by atoms with van der Waals surface area (Å²) >= 11 is 0. The lowest BCUT2D eigenvalue weighted by Crippen LogP contribution is -2.43. The van der Waals surface area contributed by atoms with Crippen LogP contribution in [-0.4, -0.2) is 48.5 Å². The standard InChI is InChI=1S/C26H35FN2O2/c1-18(2)26(30)29(19(3)4)16-22-15-28(14-21-9-6-7-12-25(21)31-5)17-24(22)20-10-8-11-23(27)13-20/h6-13,18-19,22,24H,14-17H2,1-5H3. The summed E-state index contributed by atoms with van der Waals surface area (Å²) in [5.41, 5.74) is 2.15. The first-order valence-electron chi connectivity index (χ1n) is 11.2. The highest BCUT2D eigenvalue weighted by Gasteiger charge is 2.37. The van der Waals surface area contributed by atoms with Crippen molar-refractivity contribution >= 4 is 5.91 Å². The average molecular weight is 427 g/mol. The number of amides is 1. The summed E-state index contributed by atoms with van der Waals surface area (Å²) in [6.07, 6.45) is 0. The van der Waals surface area contributed by atoms with Crippen molar-refractivity contribution in [3.05, 3.63) is 65.5 Å². The normalized spacial score (nSPS) is 19.2. The SMILES string of the molecule is COc1ccccc1CN1CC(CN(C(=O)C(C)C)C(C)C)C(c2cccc(F)c2)C1. The summed E-state index contributed by atoms with van der Waals surface area (Å²) in [6.45, 7) is 11.2. The number of benzene rings is 2. The lowest BCUT2D eigenvalue weighted by atomic mass is 9.88. The molecule has 1 aliphatic rings. The van der Waals surface area contributed by atoms with Crippen LogP contribution in [0.2, 0.25) is 0 Å². The van der Waals surface area contributed by atoms with Gasteiger partial charge in [0.05, 0.1) is 7.11 Å². The number of para-hydroxylation sites is 1. The van der Waals surface area contributed by atoms with Crippen LogP contribution >= 0.6 is 0 Å². The number of rotatable bonds is 8. The molecule has 1 amide bonds. The number of methoxy groups -OCH3 is 1. The maximum Gasteiger partial charge on any atom is 0.225 e. The minimum Gasteiger partial charge on any atom is -0.496 e. The summed E-state index contributed by atoms with van der Waals surface area (Å²) in [6, 6.07) is 15.1. The Kier molecular flexibility index (Phi) is 7.71. The van der Waals surface area contributed by atoms with Crippen LogP contribution in [0.4, 0.5) is 4.39 Å². The van der Waals surface area contributed by atoms with E-state index in [0.717, 1.165) is 36.5 Å². The molecule has 2 unspecified atom stereocenters. The molecule has 0 N–H and O–H groups in total. The summed E-state index contributed by atoms with van der Waals surface area (Å²) in [5.74, 6) is 1.22. The zero-order chi connectivity index (χ0) is 22.5. The Bertz CT molecular complexity index is 883. The van der Waals surface area contributed by atoms with Crippen molar-refractivity contribution < 1.29 is 13.9 Å². The van der Waals surface area contributed by atoms with E-state index in [0.29, 0.717) is 6.54 Å². The van der Waals surface area contributed by atoms with Crippen molar-refractivity contribution in [2.24, 2.45) is 11.8 Å². The second-order valence-electron chi connectivity index (χ2n) is 9.17. The first-order chi connectivity index (χ1) is 14.8. The third-order valence-electron chi connectivity index (χ3n) is 6.21. The molecule has 0 saturated carbocycles. The Labute approximate surface area is 186 Å². The fourth-order valence-electron chi connectivity index (χ4n) is 4.60. The Morgan fingerprint density at radius 2 is 1.87 bits per heavy atom. The molecule has 0 bridgehead atoms. The fourth-order valence-corrected chi connectivity index (χ4v) is 4.60. The van der Waals surface area contributed by atoms with E-state index >= 15 is 0 Å². The molecule has 1 heterocycles. The van der Waals surface area contributed by atoms with Gasteiger partial charge in [-0.25, -0.2) is 4.39 Å². The molecule has 5 heteroatoms. The highest BCUT2D eigenvalue weighted by atomic mass is 19.1. The molecule has 31 heavy (non-hydrogen) atoms. The van der Waals surface area contributed by atoms with Gasteiger partial charge in [-0.2, -0.15) is 0 Å². The highest BCUT2D eigenvalue weighted by molar-refractivity contribution is 5.78. The van der Waals surface area contributed by atoms with Gasteiger partial charge in [0.25, 0.3) is 0 Å². The van der Waals surface area contributed by atoms with Crippen LogP contribution in [-0.2, 0) is 11.3 Å². The topological polar surface area (TPSA) is 32.8 Å². The molecule has 4 nitrogen and oxygen atoms in total. The van der Waals surface area contributed by atoms with Gasteiger partial charge in [0.15, 0.2) is 0 Å². The number of carbonyl (C=O) groups is 1. The number of ether oxygens (including phenoxy) is 1. The summed E-state index contributed by atoms with van der Waals surface area (Å²) < 4.78 is 19.6. The van der Waals surface area contributed by atoms with E-state index in [1.54, 1.807) is 19.2 Å². The molecule has 1 fully saturated rings. The van der Waals surface area contributed by atoms with Gasteiger partial charge in [-0.3, -0.25) is 9.69 Å². The average Bonchev–Trinajstić information content (AvgIpc) is 3.14. The van der Waals surface area contributed by atoms with Gasteiger partial charge >= 0.3 is 0 Å². The molecule has 0 spiro atoms. The zero-order valence-electron chi connectivity index (χ0n) is 19.3. The van der Waals surface area contributed by atoms with Crippen molar-refractivity contribution in [2.75, 3.05) is 26.7 Å². The predicted octanol–water partition coefficient (Wildman–Crippen LogP) is 4.94. The molecule has 2 aromatic carbocycles. The molecule has 168 valence electrons. The van der Waals surface area contributed by atoms with E-state index < -0.39 is 0 Å². The van der Waals surface area contributed by atoms with Crippen LogP contribution in [0.25, 0.3) is 0 Å². The van der Waals surface area contributed by atoms with Gasteiger partial charge in [0.2, 0.25) is 5.91 Å². The smallest absolute Gasteiger partial charge is 0.225 e. The van der Waals surface area contributed by atoms with Gasteiger partial charge in [-0.15, -0.1) is 0 Å². The van der Waals surface area contributed by atoms with Crippen LogP contribution in [0.5, 0.6) is 5.75 Å². The summed E-state index contributed by atoms with van der Waals surface area (Å²) in [7, 11) is 1.69. The van der Waals surface area contributed by atoms with Crippen molar-refractivity contribution in [3.8, 4) is 5.75 Å². The van der Waals surface area contributed by atoms with E-state index in [-0.39, 0.29) is 35.5 Å². The van der Waals surface area contributed by atoms with E-state index in [1.807, 2.05) is 43.0 Å². The summed E-state index contributed by atoms with van der Waals surface area (Å²) in [4.78, 5) is 17.3.